The Kier molecular flexibility index (Phi) is 3.79. The van der Waals surface area contributed by atoms with Gasteiger partial charge < -0.3 is 9.64 Å². The van der Waals surface area contributed by atoms with Crippen LogP contribution in [0.25, 0.3) is 0 Å². The zero-order valence-electron chi connectivity index (χ0n) is 15.9. The number of nitrogens with zero attached hydrogens (tertiary/aromatic N) is 3. The summed E-state index contributed by atoms with van der Waals surface area (Å²) in [6.07, 6.45) is 3.09. The molecule has 3 saturated heterocycles. The van der Waals surface area contributed by atoms with Gasteiger partial charge in [0.1, 0.15) is 11.3 Å². The van der Waals surface area contributed by atoms with Crippen LogP contribution in [0.15, 0.2) is 30.3 Å². The van der Waals surface area contributed by atoms with E-state index in [1.165, 1.54) is 0 Å². The van der Waals surface area contributed by atoms with Crippen LogP contribution in [-0.2, 0) is 11.3 Å². The van der Waals surface area contributed by atoms with Crippen LogP contribution in [0, 0.1) is 12.8 Å². The number of rotatable bonds is 4. The van der Waals surface area contributed by atoms with Crippen molar-refractivity contribution in [3.8, 4) is 5.75 Å². The lowest BCUT2D eigenvalue weighted by molar-refractivity contribution is -0.137. The SMILES string of the molecule is COc1cccc(CN2C[C@@H]3C[C@@H](c4cc(C)[nH]n4)N4CCC[C@@]34C2=O)c1. The van der Waals surface area contributed by atoms with Crippen molar-refractivity contribution < 1.29 is 9.53 Å². The van der Waals surface area contributed by atoms with Crippen LogP contribution in [-0.4, -0.2) is 51.6 Å². The van der Waals surface area contributed by atoms with E-state index < -0.39 is 0 Å². The lowest BCUT2D eigenvalue weighted by atomic mass is 9.85. The van der Waals surface area contributed by atoms with Gasteiger partial charge in [-0.05, 0) is 56.5 Å². The molecule has 0 radical (unpaired) electrons. The number of methoxy groups -OCH3 is 1. The molecule has 27 heavy (non-hydrogen) atoms. The molecule has 2 aromatic rings. The Labute approximate surface area is 159 Å². The predicted octanol–water partition coefficient (Wildman–Crippen LogP) is 2.66. The first kappa shape index (κ1) is 16.8. The summed E-state index contributed by atoms with van der Waals surface area (Å²) in [7, 11) is 1.68. The highest BCUT2D eigenvalue weighted by Gasteiger charge is 2.65. The molecule has 3 aliphatic heterocycles. The van der Waals surface area contributed by atoms with E-state index in [1.54, 1.807) is 7.11 Å². The first-order valence-corrected chi connectivity index (χ1v) is 9.83. The molecule has 3 atom stereocenters. The zero-order valence-corrected chi connectivity index (χ0v) is 15.9. The van der Waals surface area contributed by atoms with Gasteiger partial charge in [0, 0.05) is 24.7 Å². The fourth-order valence-corrected chi connectivity index (χ4v) is 5.60. The van der Waals surface area contributed by atoms with Gasteiger partial charge in [-0.1, -0.05) is 12.1 Å². The zero-order chi connectivity index (χ0) is 18.6. The average Bonchev–Trinajstić information content (AvgIpc) is 3.40. The second kappa shape index (κ2) is 6.09. The molecule has 0 aliphatic carbocycles. The van der Waals surface area contributed by atoms with Crippen LogP contribution in [0.3, 0.4) is 0 Å². The topological polar surface area (TPSA) is 61.5 Å². The number of ether oxygens (including phenoxy) is 1. The molecular weight excluding hydrogens is 340 g/mol. The highest BCUT2D eigenvalue weighted by molar-refractivity contribution is 5.90. The highest BCUT2D eigenvalue weighted by atomic mass is 16.5. The van der Waals surface area contributed by atoms with E-state index in [2.05, 4.69) is 32.1 Å². The van der Waals surface area contributed by atoms with E-state index in [4.69, 9.17) is 4.74 Å². The number of H-pyrrole nitrogens is 1. The molecule has 4 heterocycles. The van der Waals surface area contributed by atoms with Gasteiger partial charge in [-0.15, -0.1) is 0 Å². The number of carbonyl (C=O) groups is 1. The third-order valence-electron chi connectivity index (χ3n) is 6.70. The van der Waals surface area contributed by atoms with E-state index in [1.807, 2.05) is 25.1 Å². The average molecular weight is 366 g/mol. The number of likely N-dealkylation sites (tertiary alicyclic amines) is 1. The first-order chi connectivity index (χ1) is 13.1. The molecule has 5 rings (SSSR count). The third-order valence-corrected chi connectivity index (χ3v) is 6.70. The molecule has 0 bridgehead atoms. The van der Waals surface area contributed by atoms with Crippen LogP contribution in [0.1, 0.15) is 42.3 Å². The summed E-state index contributed by atoms with van der Waals surface area (Å²) in [5.41, 5.74) is 3.00. The fourth-order valence-electron chi connectivity index (χ4n) is 5.60. The minimum atomic E-state index is -0.309. The summed E-state index contributed by atoms with van der Waals surface area (Å²) in [6.45, 7) is 4.53. The van der Waals surface area contributed by atoms with Crippen LogP contribution < -0.4 is 4.74 Å². The molecule has 0 saturated carbocycles. The monoisotopic (exact) mass is 366 g/mol. The van der Waals surface area contributed by atoms with Gasteiger partial charge in [0.25, 0.3) is 0 Å². The lowest BCUT2D eigenvalue weighted by Crippen LogP contribution is -2.49. The number of amides is 1. The molecule has 1 aromatic carbocycles. The van der Waals surface area contributed by atoms with E-state index in [-0.39, 0.29) is 11.6 Å². The van der Waals surface area contributed by atoms with Gasteiger partial charge in [-0.2, -0.15) is 5.10 Å². The van der Waals surface area contributed by atoms with E-state index in [9.17, 15) is 4.79 Å². The second-order valence-corrected chi connectivity index (χ2v) is 8.18. The standard InChI is InChI=1S/C21H26N4O2/c1-14-9-18(23-22-14)19-11-16-13-24(12-15-5-3-6-17(10-15)27-2)20(26)21(16)7-4-8-25(19)21/h3,5-6,9-10,16,19H,4,7-8,11-13H2,1-2H3,(H,22,23)/t16-,19-,21-/m0/s1. The Morgan fingerprint density at radius 3 is 3.04 bits per heavy atom. The Hall–Kier alpha value is -2.34. The van der Waals surface area contributed by atoms with E-state index in [0.717, 1.165) is 55.1 Å². The minimum Gasteiger partial charge on any atom is -0.497 e. The van der Waals surface area contributed by atoms with E-state index >= 15 is 0 Å². The number of aryl methyl sites for hydroxylation is 1. The fraction of sp³-hybridized carbons (Fsp3) is 0.524. The lowest BCUT2D eigenvalue weighted by Gasteiger charge is -2.33. The molecule has 1 N–H and O–H groups in total. The molecule has 6 heteroatoms. The molecule has 1 aromatic heterocycles. The smallest absolute Gasteiger partial charge is 0.243 e. The van der Waals surface area contributed by atoms with Crippen LogP contribution in [0.4, 0.5) is 0 Å². The number of nitrogens with one attached hydrogen (secondary N) is 1. The number of carbonyl (C=O) groups excluding carboxylic acids is 1. The summed E-state index contributed by atoms with van der Waals surface area (Å²) in [5.74, 6) is 1.54. The molecule has 6 nitrogen and oxygen atoms in total. The quantitative estimate of drug-likeness (QED) is 0.904. The molecule has 142 valence electrons. The van der Waals surface area contributed by atoms with Crippen molar-refractivity contribution in [1.82, 2.24) is 20.0 Å². The van der Waals surface area contributed by atoms with Crippen LogP contribution in [0.5, 0.6) is 5.75 Å². The van der Waals surface area contributed by atoms with Crippen molar-refractivity contribution in [2.24, 2.45) is 5.92 Å². The number of benzene rings is 1. The molecule has 3 aliphatic rings. The molecule has 1 spiro atoms. The maximum atomic E-state index is 13.6. The minimum absolute atomic E-state index is 0.269. The van der Waals surface area contributed by atoms with Gasteiger partial charge in [-0.25, -0.2) is 0 Å². The molecule has 1 amide bonds. The molecular formula is C21H26N4O2. The highest BCUT2D eigenvalue weighted by Crippen LogP contribution is 2.55. The number of hydrogen-bond donors (Lipinski definition) is 1. The first-order valence-electron chi connectivity index (χ1n) is 9.83. The Bertz CT molecular complexity index is 879. The largest absolute Gasteiger partial charge is 0.497 e. The molecule has 0 unspecified atom stereocenters. The van der Waals surface area contributed by atoms with E-state index in [0.29, 0.717) is 18.4 Å². The van der Waals surface area contributed by atoms with Crippen molar-refractivity contribution in [2.75, 3.05) is 20.2 Å². The van der Waals surface area contributed by atoms with Crippen molar-refractivity contribution in [3.05, 3.63) is 47.3 Å². The second-order valence-electron chi connectivity index (χ2n) is 8.18. The van der Waals surface area contributed by atoms with Crippen molar-refractivity contribution in [1.29, 1.82) is 0 Å². The van der Waals surface area contributed by atoms with Crippen molar-refractivity contribution in [3.63, 3.8) is 0 Å². The summed E-state index contributed by atoms with van der Waals surface area (Å²) in [4.78, 5) is 18.1. The summed E-state index contributed by atoms with van der Waals surface area (Å²) in [5, 5.41) is 7.58. The third kappa shape index (κ3) is 2.42. The predicted molar refractivity (Wildman–Crippen MR) is 101 cm³/mol. The normalized spacial score (nSPS) is 30.0. The van der Waals surface area contributed by atoms with Gasteiger partial charge >= 0.3 is 0 Å². The van der Waals surface area contributed by atoms with Crippen molar-refractivity contribution in [2.45, 2.75) is 44.3 Å². The van der Waals surface area contributed by atoms with Crippen molar-refractivity contribution >= 4 is 5.91 Å². The van der Waals surface area contributed by atoms with Crippen LogP contribution in [0.2, 0.25) is 0 Å². The van der Waals surface area contributed by atoms with Gasteiger partial charge in [0.2, 0.25) is 5.91 Å². The molecule has 3 fully saturated rings. The van der Waals surface area contributed by atoms with Crippen LogP contribution >= 0.6 is 0 Å². The van der Waals surface area contributed by atoms with Gasteiger partial charge in [0.15, 0.2) is 0 Å². The number of aromatic amines is 1. The van der Waals surface area contributed by atoms with Gasteiger partial charge in [-0.3, -0.25) is 14.8 Å². The number of hydrogen-bond acceptors (Lipinski definition) is 4. The Morgan fingerprint density at radius 2 is 2.26 bits per heavy atom. The Balaban J connectivity index is 1.41. The maximum absolute atomic E-state index is 13.6. The summed E-state index contributed by atoms with van der Waals surface area (Å²) < 4.78 is 5.33. The summed E-state index contributed by atoms with van der Waals surface area (Å²) in [6, 6.07) is 10.4. The summed E-state index contributed by atoms with van der Waals surface area (Å²) >= 11 is 0. The van der Waals surface area contributed by atoms with Gasteiger partial charge in [0.05, 0.1) is 18.8 Å². The Morgan fingerprint density at radius 1 is 1.37 bits per heavy atom. The maximum Gasteiger partial charge on any atom is 0.243 e. The number of aromatic nitrogens is 2.